The van der Waals surface area contributed by atoms with Gasteiger partial charge in [-0.05, 0) is 90.2 Å². The highest BCUT2D eigenvalue weighted by atomic mass is 32.2. The fraction of sp³-hybridized carbons (Fsp3) is 0.108. The molecule has 6 nitrogen and oxygen atoms in total. The van der Waals surface area contributed by atoms with Crippen LogP contribution in [0.4, 0.5) is 4.39 Å². The maximum absolute atomic E-state index is 13.9. The lowest BCUT2D eigenvalue weighted by Crippen LogP contribution is -2.23. The first-order valence-corrected chi connectivity index (χ1v) is 15.3. The van der Waals surface area contributed by atoms with Gasteiger partial charge in [0.05, 0.1) is 16.6 Å². The Morgan fingerprint density at radius 1 is 0.822 bits per heavy atom. The third-order valence-electron chi connectivity index (χ3n) is 7.52. The minimum atomic E-state index is -1.01. The maximum atomic E-state index is 13.9. The molecule has 0 bridgehead atoms. The molecule has 8 heteroatoms. The van der Waals surface area contributed by atoms with Crippen LogP contribution < -0.4 is 5.32 Å². The molecule has 0 unspecified atom stereocenters. The number of nitrogens with one attached hydrogen (secondary N) is 1. The van der Waals surface area contributed by atoms with Gasteiger partial charge in [-0.1, -0.05) is 78.5 Å². The van der Waals surface area contributed by atoms with Crippen LogP contribution in [0.2, 0.25) is 0 Å². The van der Waals surface area contributed by atoms with E-state index in [0.717, 1.165) is 43.6 Å². The first-order chi connectivity index (χ1) is 21.8. The SMILES string of the molecule is CC(C)n1nc(Sc2ccc(-c3ccccc3)cc2)c2c(C(=O)NCc3ccc(C(=O)O)cc3)cc(-c3ccc(F)cc3)cc21. The van der Waals surface area contributed by atoms with Crippen LogP contribution in [0.3, 0.4) is 0 Å². The normalized spacial score (nSPS) is 11.2. The Kier molecular flexibility index (Phi) is 8.49. The lowest BCUT2D eigenvalue weighted by Gasteiger charge is -2.12. The quantitative estimate of drug-likeness (QED) is 0.170. The maximum Gasteiger partial charge on any atom is 0.335 e. The average Bonchev–Trinajstić information content (AvgIpc) is 3.43. The van der Waals surface area contributed by atoms with Crippen LogP contribution in [0.5, 0.6) is 0 Å². The third-order valence-corrected chi connectivity index (χ3v) is 8.51. The Labute approximate surface area is 264 Å². The molecule has 0 atom stereocenters. The molecule has 6 aromatic rings. The summed E-state index contributed by atoms with van der Waals surface area (Å²) in [5.41, 5.74) is 5.98. The van der Waals surface area contributed by atoms with E-state index in [4.69, 9.17) is 5.10 Å². The fourth-order valence-corrected chi connectivity index (χ4v) is 6.13. The van der Waals surface area contributed by atoms with E-state index in [-0.39, 0.29) is 29.9 Å². The van der Waals surface area contributed by atoms with Crippen molar-refractivity contribution in [2.24, 2.45) is 0 Å². The lowest BCUT2D eigenvalue weighted by atomic mass is 9.99. The molecule has 0 aliphatic carbocycles. The zero-order valence-corrected chi connectivity index (χ0v) is 25.5. The molecule has 0 saturated heterocycles. The molecule has 0 spiro atoms. The molecule has 0 radical (unpaired) electrons. The Morgan fingerprint density at radius 3 is 2.09 bits per heavy atom. The summed E-state index contributed by atoms with van der Waals surface area (Å²) in [5, 5.41) is 18.6. The van der Waals surface area contributed by atoms with Crippen molar-refractivity contribution in [1.82, 2.24) is 15.1 Å². The number of aromatic carboxylic acids is 1. The second-order valence-corrected chi connectivity index (χ2v) is 12.0. The number of carboxylic acids is 1. The topological polar surface area (TPSA) is 84.2 Å². The van der Waals surface area contributed by atoms with Gasteiger partial charge < -0.3 is 10.4 Å². The molecular formula is C37H30FN3O3S. The molecule has 0 saturated carbocycles. The van der Waals surface area contributed by atoms with E-state index >= 15 is 0 Å². The summed E-state index contributed by atoms with van der Waals surface area (Å²) < 4.78 is 15.7. The standard InChI is InChI=1S/C37H30FN3O3S/c1-23(2)41-33-21-29(27-12-16-30(38)17-13-27)20-32(35(42)39-22-24-8-10-28(11-9-24)37(43)44)34(33)36(40-41)45-31-18-14-26(15-19-31)25-6-4-3-5-7-25/h3-21,23H,22H2,1-2H3,(H,39,42)(H,43,44). The summed E-state index contributed by atoms with van der Waals surface area (Å²) in [4.78, 5) is 26.2. The Hall–Kier alpha value is -5.21. The largest absolute Gasteiger partial charge is 0.478 e. The van der Waals surface area contributed by atoms with E-state index in [1.165, 1.54) is 36.0 Å². The molecule has 0 fully saturated rings. The van der Waals surface area contributed by atoms with Gasteiger partial charge in [0.1, 0.15) is 10.8 Å². The predicted molar refractivity (Wildman–Crippen MR) is 176 cm³/mol. The smallest absolute Gasteiger partial charge is 0.335 e. The first kappa shape index (κ1) is 29.8. The number of fused-ring (bicyclic) bond motifs is 1. The van der Waals surface area contributed by atoms with Crippen LogP contribution in [0, 0.1) is 5.82 Å². The van der Waals surface area contributed by atoms with Crippen molar-refractivity contribution in [3.05, 3.63) is 138 Å². The highest BCUT2D eigenvalue weighted by molar-refractivity contribution is 7.99. The van der Waals surface area contributed by atoms with Gasteiger partial charge >= 0.3 is 5.97 Å². The Bertz CT molecular complexity index is 1990. The van der Waals surface area contributed by atoms with Crippen molar-refractivity contribution in [2.75, 3.05) is 0 Å². The van der Waals surface area contributed by atoms with Gasteiger partial charge in [0.25, 0.3) is 5.91 Å². The number of amides is 1. The van der Waals surface area contributed by atoms with E-state index in [0.29, 0.717) is 10.6 Å². The van der Waals surface area contributed by atoms with Gasteiger partial charge in [-0.3, -0.25) is 9.48 Å². The number of benzene rings is 5. The molecule has 1 aromatic heterocycles. The van der Waals surface area contributed by atoms with Crippen LogP contribution >= 0.6 is 11.8 Å². The summed E-state index contributed by atoms with van der Waals surface area (Å²) in [5.74, 6) is -1.64. The second-order valence-electron chi connectivity index (χ2n) is 10.9. The molecule has 5 aromatic carbocycles. The zero-order valence-electron chi connectivity index (χ0n) is 24.7. The first-order valence-electron chi connectivity index (χ1n) is 14.5. The molecule has 2 N–H and O–H groups in total. The van der Waals surface area contributed by atoms with Gasteiger partial charge in [-0.15, -0.1) is 0 Å². The van der Waals surface area contributed by atoms with Crippen molar-refractivity contribution in [1.29, 1.82) is 0 Å². The molecular weight excluding hydrogens is 585 g/mol. The van der Waals surface area contributed by atoms with Crippen LogP contribution in [-0.2, 0) is 6.54 Å². The molecule has 45 heavy (non-hydrogen) atoms. The number of hydrogen-bond acceptors (Lipinski definition) is 4. The predicted octanol–water partition coefficient (Wildman–Crippen LogP) is 8.87. The van der Waals surface area contributed by atoms with E-state index in [2.05, 4.69) is 41.7 Å². The monoisotopic (exact) mass is 615 g/mol. The lowest BCUT2D eigenvalue weighted by molar-refractivity contribution is 0.0696. The van der Waals surface area contributed by atoms with E-state index in [1.807, 2.05) is 48.9 Å². The van der Waals surface area contributed by atoms with Crippen molar-refractivity contribution < 1.29 is 19.1 Å². The van der Waals surface area contributed by atoms with Crippen molar-refractivity contribution in [3.8, 4) is 22.3 Å². The summed E-state index contributed by atoms with van der Waals surface area (Å²) in [6.45, 7) is 4.30. The number of aromatic nitrogens is 2. The number of halogens is 1. The van der Waals surface area contributed by atoms with E-state index < -0.39 is 5.97 Å². The Morgan fingerprint density at radius 2 is 1.44 bits per heavy atom. The molecule has 224 valence electrons. The third kappa shape index (κ3) is 6.51. The van der Waals surface area contributed by atoms with Gasteiger partial charge in [0.2, 0.25) is 0 Å². The van der Waals surface area contributed by atoms with Crippen LogP contribution in [0.1, 0.15) is 46.2 Å². The minimum absolute atomic E-state index is 0.00874. The summed E-state index contributed by atoms with van der Waals surface area (Å²) in [6.07, 6.45) is 0. The number of carboxylic acid groups (broad SMARTS) is 1. The van der Waals surface area contributed by atoms with Crippen LogP contribution in [-0.4, -0.2) is 26.8 Å². The molecule has 0 aliphatic heterocycles. The summed E-state index contributed by atoms with van der Waals surface area (Å²) >= 11 is 1.50. The fourth-order valence-electron chi connectivity index (χ4n) is 5.19. The number of hydrogen-bond donors (Lipinski definition) is 2. The van der Waals surface area contributed by atoms with Gasteiger partial charge in [0, 0.05) is 22.9 Å². The summed E-state index contributed by atoms with van der Waals surface area (Å²) in [6, 6.07) is 34.9. The summed E-state index contributed by atoms with van der Waals surface area (Å²) in [7, 11) is 0. The highest BCUT2D eigenvalue weighted by Crippen LogP contribution is 2.39. The molecule has 1 heterocycles. The zero-order chi connectivity index (χ0) is 31.5. The molecule has 1 amide bonds. The average molecular weight is 616 g/mol. The van der Waals surface area contributed by atoms with Crippen molar-refractivity contribution in [3.63, 3.8) is 0 Å². The van der Waals surface area contributed by atoms with Crippen LogP contribution in [0.15, 0.2) is 125 Å². The minimum Gasteiger partial charge on any atom is -0.478 e. The van der Waals surface area contributed by atoms with Crippen molar-refractivity contribution >= 4 is 34.5 Å². The van der Waals surface area contributed by atoms with E-state index in [9.17, 15) is 19.1 Å². The van der Waals surface area contributed by atoms with Gasteiger partial charge in [-0.2, -0.15) is 5.10 Å². The number of nitrogens with zero attached hydrogens (tertiary/aromatic N) is 2. The highest BCUT2D eigenvalue weighted by Gasteiger charge is 2.23. The van der Waals surface area contributed by atoms with E-state index in [1.54, 1.807) is 24.3 Å². The van der Waals surface area contributed by atoms with Crippen LogP contribution in [0.25, 0.3) is 33.2 Å². The second kappa shape index (κ2) is 12.8. The number of carbonyl (C=O) groups excluding carboxylic acids is 1. The van der Waals surface area contributed by atoms with Gasteiger partial charge in [0.15, 0.2) is 0 Å². The number of rotatable bonds is 9. The molecule has 0 aliphatic rings. The Balaban J connectivity index is 1.41. The number of carbonyl (C=O) groups is 2. The van der Waals surface area contributed by atoms with Gasteiger partial charge in [-0.25, -0.2) is 9.18 Å². The van der Waals surface area contributed by atoms with Crippen molar-refractivity contribution in [2.45, 2.75) is 36.4 Å². The molecule has 6 rings (SSSR count).